The molecule has 0 aromatic carbocycles. The molecule has 2 rings (SSSR count). The minimum Gasteiger partial charge on any atom is -0.368 e. The molecule has 2 heterocycles. The van der Waals surface area contributed by atoms with Gasteiger partial charge in [0.15, 0.2) is 11.5 Å². The van der Waals surface area contributed by atoms with Gasteiger partial charge in [0.25, 0.3) is 0 Å². The lowest BCUT2D eigenvalue weighted by Gasteiger charge is -2.22. The number of fused-ring (bicyclic) bond motifs is 1. The maximum Gasteiger partial charge on any atom is 0.224 e. The standard InChI is InChI=1S/C9H14N6/c1-5(2)15(3)8-6-7(12-4-11-6)13-9(10)14-8/h4-5H,1-3H3,(H3,10,11,12,13,14). The molecule has 80 valence electrons. The second-order valence-electron chi connectivity index (χ2n) is 3.71. The fourth-order valence-corrected chi connectivity index (χ4v) is 1.33. The monoisotopic (exact) mass is 206 g/mol. The topological polar surface area (TPSA) is 83.7 Å². The Morgan fingerprint density at radius 1 is 1.40 bits per heavy atom. The van der Waals surface area contributed by atoms with Crippen molar-refractivity contribution < 1.29 is 0 Å². The SMILES string of the molecule is CC(C)N(C)c1nc(N)nc2nc[nH]c12. The van der Waals surface area contributed by atoms with E-state index >= 15 is 0 Å². The first-order valence-corrected chi connectivity index (χ1v) is 4.79. The van der Waals surface area contributed by atoms with Crippen molar-refractivity contribution in [1.82, 2.24) is 19.9 Å². The highest BCUT2D eigenvalue weighted by Crippen LogP contribution is 2.21. The first kappa shape index (κ1) is 9.70. The third kappa shape index (κ3) is 1.58. The van der Waals surface area contributed by atoms with E-state index in [0.717, 1.165) is 11.3 Å². The van der Waals surface area contributed by atoms with Gasteiger partial charge in [-0.25, -0.2) is 4.98 Å². The van der Waals surface area contributed by atoms with Crippen molar-refractivity contribution in [3.05, 3.63) is 6.33 Å². The normalized spacial score (nSPS) is 11.2. The highest BCUT2D eigenvalue weighted by atomic mass is 15.2. The molecule has 0 fully saturated rings. The summed E-state index contributed by atoms with van der Waals surface area (Å²) in [6.45, 7) is 4.17. The zero-order valence-corrected chi connectivity index (χ0v) is 9.02. The molecule has 2 aromatic rings. The van der Waals surface area contributed by atoms with E-state index in [-0.39, 0.29) is 5.95 Å². The molecule has 3 N–H and O–H groups in total. The number of rotatable bonds is 2. The minimum absolute atomic E-state index is 0.247. The predicted octanol–water partition coefficient (Wildman–Crippen LogP) is 0.780. The van der Waals surface area contributed by atoms with Crippen molar-refractivity contribution in [2.75, 3.05) is 17.7 Å². The highest BCUT2D eigenvalue weighted by Gasteiger charge is 2.14. The molecule has 0 radical (unpaired) electrons. The van der Waals surface area contributed by atoms with Crippen LogP contribution in [-0.4, -0.2) is 33.0 Å². The van der Waals surface area contributed by atoms with E-state index in [1.807, 2.05) is 11.9 Å². The summed E-state index contributed by atoms with van der Waals surface area (Å²) in [7, 11) is 1.96. The molecule has 15 heavy (non-hydrogen) atoms. The molecule has 0 amide bonds. The number of nitrogen functional groups attached to an aromatic ring is 1. The Balaban J connectivity index is 2.62. The summed E-state index contributed by atoms with van der Waals surface area (Å²) in [6.07, 6.45) is 1.59. The van der Waals surface area contributed by atoms with Crippen LogP contribution in [0.2, 0.25) is 0 Å². The highest BCUT2D eigenvalue weighted by molar-refractivity contribution is 5.84. The molecular weight excluding hydrogens is 192 g/mol. The van der Waals surface area contributed by atoms with Gasteiger partial charge in [-0.1, -0.05) is 0 Å². The number of hydrogen-bond donors (Lipinski definition) is 2. The molecule has 0 saturated heterocycles. The van der Waals surface area contributed by atoms with E-state index in [0.29, 0.717) is 11.7 Å². The summed E-state index contributed by atoms with van der Waals surface area (Å²) < 4.78 is 0. The lowest BCUT2D eigenvalue weighted by atomic mass is 10.3. The van der Waals surface area contributed by atoms with Crippen LogP contribution in [0.3, 0.4) is 0 Å². The molecule has 0 aliphatic heterocycles. The molecule has 2 aromatic heterocycles. The van der Waals surface area contributed by atoms with Crippen molar-refractivity contribution in [2.45, 2.75) is 19.9 Å². The summed E-state index contributed by atoms with van der Waals surface area (Å²) in [5, 5.41) is 0. The van der Waals surface area contributed by atoms with Gasteiger partial charge in [-0.05, 0) is 13.8 Å². The van der Waals surface area contributed by atoms with Crippen LogP contribution in [0.25, 0.3) is 11.2 Å². The Labute approximate surface area is 87.5 Å². The van der Waals surface area contributed by atoms with Crippen LogP contribution >= 0.6 is 0 Å². The first-order chi connectivity index (χ1) is 7.09. The van der Waals surface area contributed by atoms with Crippen molar-refractivity contribution in [3.8, 4) is 0 Å². The minimum atomic E-state index is 0.247. The van der Waals surface area contributed by atoms with Gasteiger partial charge in [-0.3, -0.25) is 0 Å². The van der Waals surface area contributed by atoms with E-state index in [9.17, 15) is 0 Å². The Kier molecular flexibility index (Phi) is 2.18. The van der Waals surface area contributed by atoms with Gasteiger partial charge in [0.2, 0.25) is 5.95 Å². The maximum atomic E-state index is 5.62. The summed E-state index contributed by atoms with van der Waals surface area (Å²) in [6, 6.07) is 0.339. The van der Waals surface area contributed by atoms with Crippen LogP contribution in [0, 0.1) is 0 Å². The van der Waals surface area contributed by atoms with Crippen LogP contribution in [0.1, 0.15) is 13.8 Å². The van der Waals surface area contributed by atoms with E-state index in [4.69, 9.17) is 5.73 Å². The van der Waals surface area contributed by atoms with Gasteiger partial charge in [-0.2, -0.15) is 9.97 Å². The molecule has 0 aliphatic carbocycles. The Morgan fingerprint density at radius 3 is 2.80 bits per heavy atom. The quantitative estimate of drug-likeness (QED) is 0.758. The van der Waals surface area contributed by atoms with Crippen LogP contribution in [0.5, 0.6) is 0 Å². The lowest BCUT2D eigenvalue weighted by molar-refractivity contribution is 0.745. The zero-order valence-electron chi connectivity index (χ0n) is 9.02. The largest absolute Gasteiger partial charge is 0.368 e. The van der Waals surface area contributed by atoms with Gasteiger partial charge in [0, 0.05) is 13.1 Å². The summed E-state index contributed by atoms with van der Waals surface area (Å²) in [5.41, 5.74) is 7.04. The van der Waals surface area contributed by atoms with Crippen LogP contribution < -0.4 is 10.6 Å². The fraction of sp³-hybridized carbons (Fsp3) is 0.444. The zero-order chi connectivity index (χ0) is 11.0. The Hall–Kier alpha value is -1.85. The first-order valence-electron chi connectivity index (χ1n) is 4.79. The molecule has 0 atom stereocenters. The summed E-state index contributed by atoms with van der Waals surface area (Å²) in [4.78, 5) is 17.4. The third-order valence-corrected chi connectivity index (χ3v) is 2.39. The second-order valence-corrected chi connectivity index (χ2v) is 3.71. The van der Waals surface area contributed by atoms with Crippen LogP contribution in [0.15, 0.2) is 6.33 Å². The van der Waals surface area contributed by atoms with Gasteiger partial charge in [-0.15, -0.1) is 0 Å². The number of aromatic amines is 1. The Morgan fingerprint density at radius 2 is 2.13 bits per heavy atom. The van der Waals surface area contributed by atoms with E-state index in [1.165, 1.54) is 0 Å². The van der Waals surface area contributed by atoms with E-state index in [1.54, 1.807) is 6.33 Å². The van der Waals surface area contributed by atoms with Gasteiger partial charge in [0.05, 0.1) is 6.33 Å². The second kappa shape index (κ2) is 3.38. The smallest absolute Gasteiger partial charge is 0.224 e. The number of nitrogens with two attached hydrogens (primary N) is 1. The average Bonchev–Trinajstić information content (AvgIpc) is 2.62. The fourth-order valence-electron chi connectivity index (χ4n) is 1.33. The lowest BCUT2D eigenvalue weighted by Crippen LogP contribution is -2.27. The van der Waals surface area contributed by atoms with Crippen molar-refractivity contribution in [1.29, 1.82) is 0 Å². The molecule has 6 heteroatoms. The number of hydrogen-bond acceptors (Lipinski definition) is 5. The summed E-state index contributed by atoms with van der Waals surface area (Å²) >= 11 is 0. The molecule has 0 spiro atoms. The third-order valence-electron chi connectivity index (χ3n) is 2.39. The summed E-state index contributed by atoms with van der Waals surface area (Å²) in [5.74, 6) is 1.03. The number of nitrogens with zero attached hydrogens (tertiary/aromatic N) is 4. The molecule has 0 unspecified atom stereocenters. The number of imidazole rings is 1. The molecular formula is C9H14N6. The van der Waals surface area contributed by atoms with Crippen LogP contribution in [-0.2, 0) is 0 Å². The van der Waals surface area contributed by atoms with Crippen molar-refractivity contribution in [3.63, 3.8) is 0 Å². The molecule has 0 bridgehead atoms. The molecule has 0 aliphatic rings. The van der Waals surface area contributed by atoms with Gasteiger partial charge < -0.3 is 15.6 Å². The molecule has 0 saturated carbocycles. The number of aromatic nitrogens is 4. The Bertz CT molecular complexity index is 474. The number of anilines is 2. The maximum absolute atomic E-state index is 5.62. The van der Waals surface area contributed by atoms with Crippen molar-refractivity contribution in [2.24, 2.45) is 0 Å². The number of nitrogens with one attached hydrogen (secondary N) is 1. The average molecular weight is 206 g/mol. The van der Waals surface area contributed by atoms with E-state index in [2.05, 4.69) is 33.8 Å². The van der Waals surface area contributed by atoms with Gasteiger partial charge in [0.1, 0.15) is 5.52 Å². The number of H-pyrrole nitrogens is 1. The predicted molar refractivity (Wildman–Crippen MR) is 59.6 cm³/mol. The van der Waals surface area contributed by atoms with Crippen molar-refractivity contribution >= 4 is 22.9 Å². The van der Waals surface area contributed by atoms with Crippen LogP contribution in [0.4, 0.5) is 11.8 Å². The molecule has 6 nitrogen and oxygen atoms in total. The van der Waals surface area contributed by atoms with Gasteiger partial charge >= 0.3 is 0 Å². The van der Waals surface area contributed by atoms with E-state index < -0.39 is 0 Å².